The molecule has 3 aromatic rings. The second-order valence-corrected chi connectivity index (χ2v) is 7.49. The number of amides is 1. The van der Waals surface area contributed by atoms with Crippen molar-refractivity contribution in [2.45, 2.75) is 32.4 Å². The number of hydrogen-bond donors (Lipinski definition) is 3. The van der Waals surface area contributed by atoms with E-state index in [2.05, 4.69) is 21.3 Å². The van der Waals surface area contributed by atoms with Gasteiger partial charge in [-0.05, 0) is 38.0 Å². The summed E-state index contributed by atoms with van der Waals surface area (Å²) < 4.78 is 7.01. The van der Waals surface area contributed by atoms with Gasteiger partial charge < -0.3 is 10.1 Å². The van der Waals surface area contributed by atoms with Gasteiger partial charge in [0.1, 0.15) is 6.04 Å². The molecule has 1 amide bonds. The minimum absolute atomic E-state index is 0.0155. The highest BCUT2D eigenvalue weighted by Crippen LogP contribution is 2.24. The van der Waals surface area contributed by atoms with E-state index in [1.165, 1.54) is 0 Å². The highest BCUT2D eigenvalue weighted by atomic mass is 16.5. The lowest BCUT2D eigenvalue weighted by atomic mass is 10.0. The van der Waals surface area contributed by atoms with E-state index in [0.717, 1.165) is 16.9 Å². The molecule has 1 aliphatic rings. The first kappa shape index (κ1) is 20.8. The molecule has 31 heavy (non-hydrogen) atoms. The number of carbonyl (C=O) groups is 2. The fourth-order valence-electron chi connectivity index (χ4n) is 3.67. The van der Waals surface area contributed by atoms with E-state index >= 15 is 0 Å². The van der Waals surface area contributed by atoms with Crippen LogP contribution in [0.2, 0.25) is 0 Å². The van der Waals surface area contributed by atoms with Gasteiger partial charge in [-0.1, -0.05) is 48.5 Å². The fourth-order valence-corrected chi connectivity index (χ4v) is 3.67. The summed E-state index contributed by atoms with van der Waals surface area (Å²) in [6.07, 6.45) is 0.548. The van der Waals surface area contributed by atoms with Gasteiger partial charge in [0, 0.05) is 6.04 Å². The lowest BCUT2D eigenvalue weighted by molar-refractivity contribution is -0.149. The van der Waals surface area contributed by atoms with E-state index in [1.54, 1.807) is 4.68 Å². The second kappa shape index (κ2) is 9.11. The van der Waals surface area contributed by atoms with Gasteiger partial charge in [0.25, 0.3) is 5.91 Å². The van der Waals surface area contributed by atoms with Crippen molar-refractivity contribution >= 4 is 17.6 Å². The van der Waals surface area contributed by atoms with Crippen molar-refractivity contribution in [3.05, 3.63) is 77.6 Å². The molecule has 0 radical (unpaired) electrons. The van der Waals surface area contributed by atoms with Crippen molar-refractivity contribution in [1.82, 2.24) is 20.6 Å². The maximum absolute atomic E-state index is 12.4. The molecule has 0 saturated carbocycles. The van der Waals surface area contributed by atoms with Crippen LogP contribution in [0.1, 0.15) is 29.4 Å². The van der Waals surface area contributed by atoms with Crippen LogP contribution in [0, 0.1) is 13.8 Å². The zero-order valence-electron chi connectivity index (χ0n) is 17.5. The number of aryl methyl sites for hydroxylation is 1. The maximum atomic E-state index is 12.4. The van der Waals surface area contributed by atoms with E-state index in [1.807, 2.05) is 74.5 Å². The Balaban J connectivity index is 1.32. The highest BCUT2D eigenvalue weighted by molar-refractivity contribution is 5.94. The number of nitrogens with zero attached hydrogens (tertiary/aromatic N) is 2. The standard InChI is InChI=1S/C23H25N5O3/c1-15-22(16(2)28(27-15)18-11-7-4-8-12-18)24-21(29)14-31-23(30)20-13-19(25-26-20)17-9-5-3-6-10-17/h3-12,19-20,25-26H,13-14H2,1-2H3,(H,24,29). The Morgan fingerprint density at radius 3 is 2.45 bits per heavy atom. The smallest absolute Gasteiger partial charge is 0.325 e. The first-order valence-electron chi connectivity index (χ1n) is 10.2. The molecule has 2 heterocycles. The van der Waals surface area contributed by atoms with Gasteiger partial charge in [-0.25, -0.2) is 15.5 Å². The predicted octanol–water partition coefficient (Wildman–Crippen LogP) is 2.58. The molecule has 2 aromatic carbocycles. The topological polar surface area (TPSA) is 97.3 Å². The molecular formula is C23H25N5O3. The monoisotopic (exact) mass is 419 g/mol. The molecular weight excluding hydrogens is 394 g/mol. The van der Waals surface area contributed by atoms with Gasteiger partial charge >= 0.3 is 5.97 Å². The van der Waals surface area contributed by atoms with E-state index in [4.69, 9.17) is 4.74 Å². The maximum Gasteiger partial charge on any atom is 0.325 e. The Morgan fingerprint density at radius 2 is 1.74 bits per heavy atom. The summed E-state index contributed by atoms with van der Waals surface area (Å²) in [6.45, 7) is 3.35. The minimum atomic E-state index is -0.512. The molecule has 160 valence electrons. The molecule has 8 nitrogen and oxygen atoms in total. The van der Waals surface area contributed by atoms with Crippen LogP contribution in [0.4, 0.5) is 5.69 Å². The summed E-state index contributed by atoms with van der Waals surface area (Å²) in [4.78, 5) is 24.8. The summed E-state index contributed by atoms with van der Waals surface area (Å²) in [5, 5.41) is 7.32. The van der Waals surface area contributed by atoms with Gasteiger partial charge in [0.2, 0.25) is 0 Å². The van der Waals surface area contributed by atoms with E-state index in [-0.39, 0.29) is 12.6 Å². The molecule has 3 N–H and O–H groups in total. The van der Waals surface area contributed by atoms with Crippen molar-refractivity contribution in [3.8, 4) is 5.69 Å². The number of hydrogen-bond acceptors (Lipinski definition) is 6. The molecule has 1 aliphatic heterocycles. The summed E-state index contributed by atoms with van der Waals surface area (Å²) in [5.41, 5.74) is 10.2. The molecule has 0 spiro atoms. The van der Waals surface area contributed by atoms with Gasteiger partial charge in [-0.15, -0.1) is 0 Å². The SMILES string of the molecule is Cc1nn(-c2ccccc2)c(C)c1NC(=O)COC(=O)C1CC(c2ccccc2)NN1. The van der Waals surface area contributed by atoms with Crippen LogP contribution in [0.15, 0.2) is 60.7 Å². The third-order valence-corrected chi connectivity index (χ3v) is 5.29. The lowest BCUT2D eigenvalue weighted by Crippen LogP contribution is -2.38. The molecule has 1 aromatic heterocycles. The Labute approximate surface area is 180 Å². The molecule has 0 aliphatic carbocycles. The Bertz CT molecular complexity index is 1070. The Morgan fingerprint density at radius 1 is 1.06 bits per heavy atom. The lowest BCUT2D eigenvalue weighted by Gasteiger charge is -2.11. The Kier molecular flexibility index (Phi) is 6.11. The first-order chi connectivity index (χ1) is 15.0. The second-order valence-electron chi connectivity index (χ2n) is 7.49. The van der Waals surface area contributed by atoms with Crippen molar-refractivity contribution in [3.63, 3.8) is 0 Å². The van der Waals surface area contributed by atoms with Gasteiger partial charge in [-0.3, -0.25) is 9.59 Å². The number of benzene rings is 2. The number of para-hydroxylation sites is 1. The summed E-state index contributed by atoms with van der Waals surface area (Å²) in [6, 6.07) is 19.0. The minimum Gasteiger partial charge on any atom is -0.454 e. The van der Waals surface area contributed by atoms with Crippen LogP contribution in [0.25, 0.3) is 5.69 Å². The summed E-state index contributed by atoms with van der Waals surface area (Å²) in [7, 11) is 0. The average Bonchev–Trinajstić information content (AvgIpc) is 3.40. The number of nitrogens with one attached hydrogen (secondary N) is 3. The third-order valence-electron chi connectivity index (χ3n) is 5.29. The quantitative estimate of drug-likeness (QED) is 0.532. The van der Waals surface area contributed by atoms with Crippen molar-refractivity contribution < 1.29 is 14.3 Å². The van der Waals surface area contributed by atoms with Crippen molar-refractivity contribution in [1.29, 1.82) is 0 Å². The molecule has 2 unspecified atom stereocenters. The normalized spacial score (nSPS) is 18.0. The van der Waals surface area contributed by atoms with Crippen LogP contribution in [-0.2, 0) is 14.3 Å². The largest absolute Gasteiger partial charge is 0.454 e. The van der Waals surface area contributed by atoms with E-state index in [0.29, 0.717) is 17.8 Å². The first-order valence-corrected chi connectivity index (χ1v) is 10.2. The predicted molar refractivity (Wildman–Crippen MR) is 116 cm³/mol. The third kappa shape index (κ3) is 4.65. The van der Waals surface area contributed by atoms with Gasteiger partial charge in [0.05, 0.1) is 22.8 Å². The van der Waals surface area contributed by atoms with E-state index < -0.39 is 17.9 Å². The molecule has 8 heteroatoms. The average molecular weight is 419 g/mol. The number of carbonyl (C=O) groups excluding carboxylic acids is 2. The zero-order valence-corrected chi connectivity index (χ0v) is 17.5. The van der Waals surface area contributed by atoms with Crippen molar-refractivity contribution in [2.24, 2.45) is 0 Å². The number of anilines is 1. The summed E-state index contributed by atoms with van der Waals surface area (Å²) in [5.74, 6) is -0.868. The van der Waals surface area contributed by atoms with Crippen LogP contribution in [0.5, 0.6) is 0 Å². The molecule has 2 atom stereocenters. The van der Waals surface area contributed by atoms with E-state index in [9.17, 15) is 9.59 Å². The van der Waals surface area contributed by atoms with Gasteiger partial charge in [-0.2, -0.15) is 5.10 Å². The Hall–Kier alpha value is -3.49. The molecule has 1 fully saturated rings. The number of ether oxygens (including phenoxy) is 1. The molecule has 1 saturated heterocycles. The highest BCUT2D eigenvalue weighted by Gasteiger charge is 2.31. The van der Waals surface area contributed by atoms with Crippen molar-refractivity contribution in [2.75, 3.05) is 11.9 Å². The molecule has 4 rings (SSSR count). The fraction of sp³-hybridized carbons (Fsp3) is 0.261. The van der Waals surface area contributed by atoms with Gasteiger partial charge in [0.15, 0.2) is 6.61 Å². The number of aromatic nitrogens is 2. The summed E-state index contributed by atoms with van der Waals surface area (Å²) >= 11 is 0. The number of rotatable bonds is 6. The zero-order chi connectivity index (χ0) is 21.8. The molecule has 0 bridgehead atoms. The van der Waals surface area contributed by atoms with Crippen LogP contribution < -0.4 is 16.2 Å². The number of esters is 1. The van der Waals surface area contributed by atoms with Crippen LogP contribution in [0.3, 0.4) is 0 Å². The van der Waals surface area contributed by atoms with Crippen LogP contribution >= 0.6 is 0 Å². The van der Waals surface area contributed by atoms with Crippen LogP contribution in [-0.4, -0.2) is 34.3 Å². The number of hydrazine groups is 1.